The van der Waals surface area contributed by atoms with Gasteiger partial charge in [-0.15, -0.1) is 11.3 Å². The Morgan fingerprint density at radius 2 is 2.07 bits per heavy atom. The predicted octanol–water partition coefficient (Wildman–Crippen LogP) is 3.91. The van der Waals surface area contributed by atoms with Gasteiger partial charge >= 0.3 is 0 Å². The fourth-order valence-corrected chi connectivity index (χ4v) is 4.46. The lowest BCUT2D eigenvalue weighted by Gasteiger charge is -2.25. The molecule has 6 nitrogen and oxygen atoms in total. The van der Waals surface area contributed by atoms with Gasteiger partial charge in [-0.1, -0.05) is 0 Å². The van der Waals surface area contributed by atoms with E-state index in [0.29, 0.717) is 6.54 Å². The van der Waals surface area contributed by atoms with Crippen LogP contribution in [0, 0.1) is 0 Å². The minimum absolute atomic E-state index is 0.0210. The maximum atomic E-state index is 12.5. The van der Waals surface area contributed by atoms with Crippen LogP contribution in [0.25, 0.3) is 10.6 Å². The number of hydrogen-bond acceptors (Lipinski definition) is 6. The average Bonchev–Trinajstić information content (AvgIpc) is 3.51. The molecular weight excluding hydrogens is 386 g/mol. The maximum Gasteiger partial charge on any atom is 0.226 e. The van der Waals surface area contributed by atoms with Crippen LogP contribution < -0.4 is 10.1 Å². The molecule has 1 fully saturated rings. The number of nitrogens with one attached hydrogen (secondary N) is 1. The standard InChI is InChI=1S/C22H25N3O3S/c1-27-18-8-6-16(7-9-18)22-24-17(15-29-22)13-21(26)23-14-19(20-5-4-12-28-20)25-10-2-3-11-25/h4-9,12,15,19H,2-3,10-11,13-14H2,1H3,(H,23,26)/t19-/m1/s1. The Labute approximate surface area is 174 Å². The molecule has 1 N–H and O–H groups in total. The third-order valence-electron chi connectivity index (χ3n) is 5.18. The molecule has 1 aliphatic rings. The largest absolute Gasteiger partial charge is 0.497 e. The zero-order valence-electron chi connectivity index (χ0n) is 16.5. The quantitative estimate of drug-likeness (QED) is 0.609. The second-order valence-electron chi connectivity index (χ2n) is 7.13. The first-order valence-corrected chi connectivity index (χ1v) is 10.7. The van der Waals surface area contributed by atoms with Gasteiger partial charge in [0.05, 0.1) is 31.5 Å². The van der Waals surface area contributed by atoms with Crippen molar-refractivity contribution in [2.24, 2.45) is 0 Å². The molecule has 1 aromatic carbocycles. The van der Waals surface area contributed by atoms with E-state index < -0.39 is 0 Å². The minimum Gasteiger partial charge on any atom is -0.497 e. The van der Waals surface area contributed by atoms with Crippen molar-refractivity contribution in [3.05, 3.63) is 59.5 Å². The van der Waals surface area contributed by atoms with E-state index in [1.54, 1.807) is 24.7 Å². The summed E-state index contributed by atoms with van der Waals surface area (Å²) >= 11 is 1.55. The highest BCUT2D eigenvalue weighted by atomic mass is 32.1. The number of rotatable bonds is 8. The van der Waals surface area contributed by atoms with Crippen molar-refractivity contribution in [1.82, 2.24) is 15.2 Å². The summed E-state index contributed by atoms with van der Waals surface area (Å²) < 4.78 is 10.8. The Morgan fingerprint density at radius 1 is 1.28 bits per heavy atom. The van der Waals surface area contributed by atoms with E-state index in [9.17, 15) is 4.79 Å². The van der Waals surface area contributed by atoms with Crippen LogP contribution in [-0.4, -0.2) is 42.5 Å². The van der Waals surface area contributed by atoms with E-state index in [4.69, 9.17) is 9.15 Å². The van der Waals surface area contributed by atoms with Crippen LogP contribution in [0.15, 0.2) is 52.5 Å². The van der Waals surface area contributed by atoms with E-state index >= 15 is 0 Å². The number of furan rings is 1. The molecule has 3 aromatic rings. The van der Waals surface area contributed by atoms with Crippen LogP contribution in [0.1, 0.15) is 30.3 Å². The molecule has 2 aromatic heterocycles. The third kappa shape index (κ3) is 4.86. The molecule has 0 bridgehead atoms. The Hall–Kier alpha value is -2.64. The van der Waals surface area contributed by atoms with Crippen molar-refractivity contribution in [1.29, 1.82) is 0 Å². The van der Waals surface area contributed by atoms with Gasteiger partial charge < -0.3 is 14.5 Å². The number of ether oxygens (including phenoxy) is 1. The van der Waals surface area contributed by atoms with Crippen molar-refractivity contribution in [3.8, 4) is 16.3 Å². The summed E-state index contributed by atoms with van der Waals surface area (Å²) in [6.45, 7) is 2.62. The minimum atomic E-state index is -0.0210. The molecule has 1 amide bonds. The third-order valence-corrected chi connectivity index (χ3v) is 6.12. The van der Waals surface area contributed by atoms with Gasteiger partial charge in [0.2, 0.25) is 5.91 Å². The highest BCUT2D eigenvalue weighted by Crippen LogP contribution is 2.27. The summed E-state index contributed by atoms with van der Waals surface area (Å²) in [6, 6.07) is 11.7. The van der Waals surface area contributed by atoms with Crippen molar-refractivity contribution in [2.75, 3.05) is 26.7 Å². The first kappa shape index (κ1) is 19.7. The molecule has 0 unspecified atom stereocenters. The van der Waals surface area contributed by atoms with Crippen LogP contribution in [-0.2, 0) is 11.2 Å². The second kappa shape index (κ2) is 9.24. The second-order valence-corrected chi connectivity index (χ2v) is 7.99. The first-order valence-electron chi connectivity index (χ1n) is 9.86. The van der Waals surface area contributed by atoms with E-state index in [-0.39, 0.29) is 18.4 Å². The fraction of sp³-hybridized carbons (Fsp3) is 0.364. The highest BCUT2D eigenvalue weighted by Gasteiger charge is 2.26. The lowest BCUT2D eigenvalue weighted by atomic mass is 10.2. The van der Waals surface area contributed by atoms with Gasteiger partial charge in [0.1, 0.15) is 16.5 Å². The summed E-state index contributed by atoms with van der Waals surface area (Å²) in [5.74, 6) is 1.70. The van der Waals surface area contributed by atoms with Gasteiger partial charge in [0.15, 0.2) is 0 Å². The molecule has 1 aliphatic heterocycles. The van der Waals surface area contributed by atoms with Gasteiger partial charge in [-0.2, -0.15) is 0 Å². The lowest BCUT2D eigenvalue weighted by Crippen LogP contribution is -2.37. The number of benzene rings is 1. The summed E-state index contributed by atoms with van der Waals surface area (Å²) in [4.78, 5) is 19.5. The summed E-state index contributed by atoms with van der Waals surface area (Å²) in [6.07, 6.45) is 4.35. The zero-order valence-corrected chi connectivity index (χ0v) is 17.3. The Morgan fingerprint density at radius 3 is 2.76 bits per heavy atom. The molecule has 0 aliphatic carbocycles. The number of carbonyl (C=O) groups is 1. The number of carbonyl (C=O) groups excluding carboxylic acids is 1. The van der Waals surface area contributed by atoms with Gasteiger partial charge in [0, 0.05) is 17.5 Å². The molecule has 1 saturated heterocycles. The SMILES string of the molecule is COc1ccc(-c2nc(CC(=O)NC[C@H](c3ccco3)N3CCCC3)cs2)cc1. The molecule has 0 saturated carbocycles. The van der Waals surface area contributed by atoms with Crippen molar-refractivity contribution in [2.45, 2.75) is 25.3 Å². The van der Waals surface area contributed by atoms with Crippen LogP contribution in [0.3, 0.4) is 0 Å². The zero-order chi connectivity index (χ0) is 20.1. The molecule has 3 heterocycles. The molecule has 0 spiro atoms. The molecule has 29 heavy (non-hydrogen) atoms. The lowest BCUT2D eigenvalue weighted by molar-refractivity contribution is -0.120. The van der Waals surface area contributed by atoms with E-state index in [1.165, 1.54) is 12.8 Å². The van der Waals surface area contributed by atoms with Crippen molar-refractivity contribution in [3.63, 3.8) is 0 Å². The number of hydrogen-bond donors (Lipinski definition) is 1. The molecule has 152 valence electrons. The number of amides is 1. The van der Waals surface area contributed by atoms with Gasteiger partial charge in [0.25, 0.3) is 0 Å². The van der Waals surface area contributed by atoms with Crippen LogP contribution in [0.5, 0.6) is 5.75 Å². The molecular formula is C22H25N3O3S. The first-order chi connectivity index (χ1) is 14.2. The monoisotopic (exact) mass is 411 g/mol. The smallest absolute Gasteiger partial charge is 0.226 e. The molecule has 0 radical (unpaired) electrons. The van der Waals surface area contributed by atoms with Crippen LogP contribution in [0.4, 0.5) is 0 Å². The van der Waals surface area contributed by atoms with Gasteiger partial charge in [-0.05, 0) is 62.3 Å². The summed E-state index contributed by atoms with van der Waals surface area (Å²) in [7, 11) is 1.65. The molecule has 1 atom stereocenters. The topological polar surface area (TPSA) is 67.6 Å². The average molecular weight is 412 g/mol. The normalized spacial score (nSPS) is 15.3. The number of thiazole rings is 1. The van der Waals surface area contributed by atoms with Gasteiger partial charge in [-0.3, -0.25) is 9.69 Å². The fourth-order valence-electron chi connectivity index (χ4n) is 3.64. The Bertz CT molecular complexity index is 915. The maximum absolute atomic E-state index is 12.5. The number of aromatic nitrogens is 1. The molecule has 7 heteroatoms. The van der Waals surface area contributed by atoms with E-state index in [1.807, 2.05) is 41.8 Å². The highest BCUT2D eigenvalue weighted by molar-refractivity contribution is 7.13. The van der Waals surface area contributed by atoms with Crippen LogP contribution >= 0.6 is 11.3 Å². The number of nitrogens with zero attached hydrogens (tertiary/aromatic N) is 2. The van der Waals surface area contributed by atoms with Crippen molar-refractivity contribution < 1.29 is 13.9 Å². The van der Waals surface area contributed by atoms with Crippen molar-refractivity contribution >= 4 is 17.2 Å². The predicted molar refractivity (Wildman–Crippen MR) is 113 cm³/mol. The number of methoxy groups -OCH3 is 1. The summed E-state index contributed by atoms with van der Waals surface area (Å²) in [5, 5.41) is 5.92. The Kier molecular flexibility index (Phi) is 6.27. The Balaban J connectivity index is 1.35. The van der Waals surface area contributed by atoms with Gasteiger partial charge in [-0.25, -0.2) is 4.98 Å². The molecule has 4 rings (SSSR count). The van der Waals surface area contributed by atoms with E-state index in [0.717, 1.165) is 40.9 Å². The number of likely N-dealkylation sites (tertiary alicyclic amines) is 1. The van der Waals surface area contributed by atoms with Crippen LogP contribution in [0.2, 0.25) is 0 Å². The summed E-state index contributed by atoms with van der Waals surface area (Å²) in [5.41, 5.74) is 1.81. The van der Waals surface area contributed by atoms with E-state index in [2.05, 4.69) is 15.2 Å².